The lowest BCUT2D eigenvalue weighted by molar-refractivity contribution is -0.144. The number of carbonyl (C=O) groups excluding carboxylic acids is 1. The standard InChI is InChI=1S/C13H22O3/c1-10(2)12(14)8-4-3-6-11-7-5-9-13(15)16-11/h5,9-12,14H,3-4,6-8H2,1-2H3. The highest BCUT2D eigenvalue weighted by Crippen LogP contribution is 2.16. The van der Waals surface area contributed by atoms with Crippen LogP contribution in [0.25, 0.3) is 0 Å². The molecule has 0 saturated heterocycles. The summed E-state index contributed by atoms with van der Waals surface area (Å²) in [4.78, 5) is 11.0. The summed E-state index contributed by atoms with van der Waals surface area (Å²) in [6.45, 7) is 4.05. The van der Waals surface area contributed by atoms with E-state index >= 15 is 0 Å². The van der Waals surface area contributed by atoms with Crippen molar-refractivity contribution >= 4 is 5.97 Å². The second-order valence-corrected chi connectivity index (χ2v) is 4.79. The van der Waals surface area contributed by atoms with Gasteiger partial charge in [0.25, 0.3) is 0 Å². The van der Waals surface area contributed by atoms with Gasteiger partial charge >= 0.3 is 5.97 Å². The number of aliphatic hydroxyl groups excluding tert-OH is 1. The fraction of sp³-hybridized carbons (Fsp3) is 0.769. The summed E-state index contributed by atoms with van der Waals surface area (Å²) in [5.74, 6) is 0.105. The van der Waals surface area contributed by atoms with Crippen molar-refractivity contribution in [1.29, 1.82) is 0 Å². The zero-order chi connectivity index (χ0) is 12.0. The Morgan fingerprint density at radius 3 is 2.88 bits per heavy atom. The molecular weight excluding hydrogens is 204 g/mol. The average Bonchev–Trinajstić information content (AvgIpc) is 2.24. The van der Waals surface area contributed by atoms with E-state index in [0.29, 0.717) is 5.92 Å². The third kappa shape index (κ3) is 4.79. The van der Waals surface area contributed by atoms with Gasteiger partial charge in [-0.15, -0.1) is 0 Å². The van der Waals surface area contributed by atoms with E-state index in [2.05, 4.69) is 0 Å². The Bertz CT molecular complexity index is 246. The van der Waals surface area contributed by atoms with Crippen LogP contribution in [0.5, 0.6) is 0 Å². The maximum absolute atomic E-state index is 11.0. The lowest BCUT2D eigenvalue weighted by Crippen LogP contribution is -2.20. The quantitative estimate of drug-likeness (QED) is 0.559. The van der Waals surface area contributed by atoms with Gasteiger partial charge in [0.2, 0.25) is 0 Å². The summed E-state index contributed by atoms with van der Waals surface area (Å²) in [5, 5.41) is 9.61. The second-order valence-electron chi connectivity index (χ2n) is 4.79. The summed E-state index contributed by atoms with van der Waals surface area (Å²) in [5.41, 5.74) is 0. The molecule has 0 aromatic carbocycles. The number of rotatable bonds is 6. The summed E-state index contributed by atoms with van der Waals surface area (Å²) >= 11 is 0. The van der Waals surface area contributed by atoms with Crippen LogP contribution in [-0.4, -0.2) is 23.3 Å². The van der Waals surface area contributed by atoms with Gasteiger partial charge in [-0.1, -0.05) is 26.3 Å². The minimum atomic E-state index is -0.224. The number of hydrogen-bond acceptors (Lipinski definition) is 3. The molecule has 16 heavy (non-hydrogen) atoms. The van der Waals surface area contributed by atoms with Gasteiger partial charge in [0.05, 0.1) is 6.10 Å². The van der Waals surface area contributed by atoms with Crippen LogP contribution < -0.4 is 0 Å². The molecule has 0 spiro atoms. The number of cyclic esters (lactones) is 1. The molecule has 0 amide bonds. The Kier molecular flexibility index (Phi) is 5.53. The zero-order valence-electron chi connectivity index (χ0n) is 10.2. The fourth-order valence-electron chi connectivity index (χ4n) is 1.80. The SMILES string of the molecule is CC(C)C(O)CCCCC1CC=CC(=O)O1. The van der Waals surface area contributed by atoms with Crippen LogP contribution in [-0.2, 0) is 9.53 Å². The molecule has 0 bridgehead atoms. The highest BCUT2D eigenvalue weighted by atomic mass is 16.5. The Balaban J connectivity index is 2.07. The van der Waals surface area contributed by atoms with Crippen molar-refractivity contribution < 1.29 is 14.6 Å². The van der Waals surface area contributed by atoms with Gasteiger partial charge in [-0.05, 0) is 25.2 Å². The van der Waals surface area contributed by atoms with Crippen LogP contribution in [0.3, 0.4) is 0 Å². The molecule has 1 heterocycles. The van der Waals surface area contributed by atoms with E-state index in [9.17, 15) is 9.90 Å². The third-order valence-corrected chi connectivity index (χ3v) is 2.98. The van der Waals surface area contributed by atoms with Crippen LogP contribution in [0.4, 0.5) is 0 Å². The molecule has 3 nitrogen and oxygen atoms in total. The van der Waals surface area contributed by atoms with Crippen molar-refractivity contribution in [2.75, 3.05) is 0 Å². The number of ether oxygens (including phenoxy) is 1. The number of aliphatic hydroxyl groups is 1. The highest BCUT2D eigenvalue weighted by molar-refractivity contribution is 5.82. The molecule has 1 aliphatic heterocycles. The molecule has 0 aromatic heterocycles. The van der Waals surface area contributed by atoms with Gasteiger partial charge in [-0.3, -0.25) is 0 Å². The molecule has 0 radical (unpaired) electrons. The first-order chi connectivity index (χ1) is 7.59. The predicted molar refractivity (Wildman–Crippen MR) is 62.9 cm³/mol. The summed E-state index contributed by atoms with van der Waals surface area (Å²) in [6, 6.07) is 0. The van der Waals surface area contributed by atoms with Crippen LogP contribution >= 0.6 is 0 Å². The van der Waals surface area contributed by atoms with Crippen LogP contribution in [0.1, 0.15) is 46.0 Å². The molecule has 2 atom stereocenters. The number of unbranched alkanes of at least 4 members (excludes halogenated alkanes) is 1. The lowest BCUT2D eigenvalue weighted by Gasteiger charge is -2.19. The molecule has 1 rings (SSSR count). The summed E-state index contributed by atoms with van der Waals surface area (Å²) in [6.07, 6.45) is 7.79. The van der Waals surface area contributed by atoms with Crippen LogP contribution in [0.15, 0.2) is 12.2 Å². The Hall–Kier alpha value is -0.830. The van der Waals surface area contributed by atoms with Crippen LogP contribution in [0.2, 0.25) is 0 Å². The van der Waals surface area contributed by atoms with Crippen molar-refractivity contribution in [1.82, 2.24) is 0 Å². The normalized spacial score (nSPS) is 22.2. The Morgan fingerprint density at radius 1 is 1.50 bits per heavy atom. The Labute approximate surface area is 97.5 Å². The summed E-state index contributed by atoms with van der Waals surface area (Å²) in [7, 11) is 0. The molecule has 3 heteroatoms. The minimum Gasteiger partial charge on any atom is -0.459 e. The fourth-order valence-corrected chi connectivity index (χ4v) is 1.80. The van der Waals surface area contributed by atoms with Crippen molar-refractivity contribution in [2.45, 2.75) is 58.2 Å². The molecule has 1 N–H and O–H groups in total. The van der Waals surface area contributed by atoms with E-state index in [4.69, 9.17) is 4.74 Å². The minimum absolute atomic E-state index is 0.0497. The number of carbonyl (C=O) groups is 1. The van der Waals surface area contributed by atoms with Gasteiger partial charge in [0, 0.05) is 12.5 Å². The van der Waals surface area contributed by atoms with Gasteiger partial charge in [-0.25, -0.2) is 4.79 Å². The first kappa shape index (κ1) is 13.2. The topological polar surface area (TPSA) is 46.5 Å². The molecular formula is C13H22O3. The van der Waals surface area contributed by atoms with Gasteiger partial charge < -0.3 is 9.84 Å². The van der Waals surface area contributed by atoms with E-state index < -0.39 is 0 Å². The lowest BCUT2D eigenvalue weighted by atomic mass is 9.99. The zero-order valence-corrected chi connectivity index (χ0v) is 10.2. The van der Waals surface area contributed by atoms with E-state index in [1.165, 1.54) is 6.08 Å². The number of hydrogen-bond donors (Lipinski definition) is 1. The average molecular weight is 226 g/mol. The predicted octanol–water partition coefficient (Wildman–Crippen LogP) is 2.44. The summed E-state index contributed by atoms with van der Waals surface area (Å²) < 4.78 is 5.15. The van der Waals surface area contributed by atoms with Gasteiger partial charge in [0.15, 0.2) is 0 Å². The molecule has 0 saturated carbocycles. The molecule has 0 aliphatic carbocycles. The third-order valence-electron chi connectivity index (χ3n) is 2.98. The van der Waals surface area contributed by atoms with Crippen LogP contribution in [0, 0.1) is 5.92 Å². The maximum Gasteiger partial charge on any atom is 0.330 e. The maximum atomic E-state index is 11.0. The van der Waals surface area contributed by atoms with E-state index in [0.717, 1.165) is 32.1 Å². The molecule has 2 unspecified atom stereocenters. The first-order valence-corrected chi connectivity index (χ1v) is 6.15. The molecule has 92 valence electrons. The van der Waals surface area contributed by atoms with Crippen molar-refractivity contribution in [2.24, 2.45) is 5.92 Å². The smallest absolute Gasteiger partial charge is 0.330 e. The van der Waals surface area contributed by atoms with Crippen molar-refractivity contribution in [3.8, 4) is 0 Å². The van der Waals surface area contributed by atoms with Crippen molar-refractivity contribution in [3.05, 3.63) is 12.2 Å². The highest BCUT2D eigenvalue weighted by Gasteiger charge is 2.15. The van der Waals surface area contributed by atoms with Crippen molar-refractivity contribution in [3.63, 3.8) is 0 Å². The first-order valence-electron chi connectivity index (χ1n) is 6.15. The number of esters is 1. The van der Waals surface area contributed by atoms with Gasteiger partial charge in [0.1, 0.15) is 6.10 Å². The molecule has 1 aliphatic rings. The van der Waals surface area contributed by atoms with E-state index in [1.54, 1.807) is 0 Å². The van der Waals surface area contributed by atoms with Gasteiger partial charge in [-0.2, -0.15) is 0 Å². The Morgan fingerprint density at radius 2 is 2.25 bits per heavy atom. The molecule has 0 aromatic rings. The second kappa shape index (κ2) is 6.69. The molecule has 0 fully saturated rings. The monoisotopic (exact) mass is 226 g/mol. The van der Waals surface area contributed by atoms with E-state index in [1.807, 2.05) is 19.9 Å². The van der Waals surface area contributed by atoms with E-state index in [-0.39, 0.29) is 18.2 Å². The largest absolute Gasteiger partial charge is 0.459 e.